The lowest BCUT2D eigenvalue weighted by Gasteiger charge is -2.10. The number of benzene rings is 1. The zero-order valence-corrected chi connectivity index (χ0v) is 14.7. The molecule has 1 aromatic carbocycles. The van der Waals surface area contributed by atoms with Gasteiger partial charge in [0.25, 0.3) is 5.91 Å². The van der Waals surface area contributed by atoms with E-state index in [9.17, 15) is 4.79 Å². The molecule has 134 valence electrons. The Hall–Kier alpha value is -3.42. The van der Waals surface area contributed by atoms with E-state index in [1.165, 1.54) is 0 Å². The third-order valence-electron chi connectivity index (χ3n) is 3.59. The molecule has 0 radical (unpaired) electrons. The maximum Gasteiger partial charge on any atom is 0.270 e. The molecular formula is C18H19N5O3. The van der Waals surface area contributed by atoms with Crippen LogP contribution in [0.3, 0.4) is 0 Å². The maximum atomic E-state index is 12.5. The number of para-hydroxylation sites is 1. The van der Waals surface area contributed by atoms with Crippen LogP contribution >= 0.6 is 0 Å². The van der Waals surface area contributed by atoms with Crippen LogP contribution < -0.4 is 15.4 Å². The van der Waals surface area contributed by atoms with Gasteiger partial charge in [-0.05, 0) is 26.0 Å². The number of anilines is 2. The summed E-state index contributed by atoms with van der Waals surface area (Å²) in [5, 5.41) is 9.60. The first-order chi connectivity index (χ1) is 12.5. The number of nitrogens with one attached hydrogen (secondary N) is 2. The zero-order valence-electron chi connectivity index (χ0n) is 14.7. The summed E-state index contributed by atoms with van der Waals surface area (Å²) in [6, 6.07) is 10.8. The summed E-state index contributed by atoms with van der Waals surface area (Å²) in [7, 11) is 1.60. The van der Waals surface area contributed by atoms with Gasteiger partial charge in [-0.25, -0.2) is 9.97 Å². The largest absolute Gasteiger partial charge is 0.496 e. The number of ether oxygens (including phenoxy) is 1. The lowest BCUT2D eigenvalue weighted by Crippen LogP contribution is -2.24. The second kappa shape index (κ2) is 7.64. The van der Waals surface area contributed by atoms with Gasteiger partial charge < -0.3 is 19.9 Å². The highest BCUT2D eigenvalue weighted by atomic mass is 16.5. The summed E-state index contributed by atoms with van der Waals surface area (Å²) >= 11 is 0. The van der Waals surface area contributed by atoms with Crippen LogP contribution in [0, 0.1) is 13.8 Å². The van der Waals surface area contributed by atoms with Gasteiger partial charge >= 0.3 is 0 Å². The van der Waals surface area contributed by atoms with E-state index in [1.807, 2.05) is 24.3 Å². The number of hydrogen-bond acceptors (Lipinski definition) is 7. The lowest BCUT2D eigenvalue weighted by atomic mass is 10.2. The van der Waals surface area contributed by atoms with Gasteiger partial charge in [-0.1, -0.05) is 23.4 Å². The first-order valence-electron chi connectivity index (χ1n) is 8.01. The number of hydrogen-bond donors (Lipinski definition) is 2. The molecule has 2 heterocycles. The van der Waals surface area contributed by atoms with Crippen LogP contribution in [0.25, 0.3) is 0 Å². The number of aromatic nitrogens is 3. The van der Waals surface area contributed by atoms with E-state index in [1.54, 1.807) is 33.1 Å². The standard InChI is InChI=1S/C18H19N5O3/c1-11-8-14(21-18(20-11)22-16-9-12(2)26-23-16)17(24)19-10-13-6-4-5-7-15(13)25-3/h4-9H,10H2,1-3H3,(H,19,24)(H,20,21,22,23). The van der Waals surface area contributed by atoms with Crippen LogP contribution in [0.5, 0.6) is 5.75 Å². The van der Waals surface area contributed by atoms with Crippen LogP contribution in [0.4, 0.5) is 11.8 Å². The van der Waals surface area contributed by atoms with Gasteiger partial charge in [-0.15, -0.1) is 0 Å². The number of rotatable bonds is 6. The van der Waals surface area contributed by atoms with Gasteiger partial charge in [0.15, 0.2) is 5.82 Å². The number of carbonyl (C=O) groups is 1. The number of nitrogens with zero attached hydrogens (tertiary/aromatic N) is 3. The molecule has 0 aliphatic carbocycles. The Bertz CT molecular complexity index is 923. The third kappa shape index (κ3) is 4.15. The smallest absolute Gasteiger partial charge is 0.270 e. The van der Waals surface area contributed by atoms with E-state index in [2.05, 4.69) is 25.8 Å². The molecule has 2 N–H and O–H groups in total. The Balaban J connectivity index is 1.72. The van der Waals surface area contributed by atoms with Crippen LogP contribution in [-0.4, -0.2) is 28.1 Å². The Morgan fingerprint density at radius 1 is 1.19 bits per heavy atom. The van der Waals surface area contributed by atoms with E-state index in [0.29, 0.717) is 23.8 Å². The van der Waals surface area contributed by atoms with Crippen molar-refractivity contribution < 1.29 is 14.1 Å². The molecule has 3 aromatic rings. The van der Waals surface area contributed by atoms with Gasteiger partial charge in [-0.2, -0.15) is 0 Å². The monoisotopic (exact) mass is 353 g/mol. The minimum absolute atomic E-state index is 0.259. The number of carbonyl (C=O) groups excluding carboxylic acids is 1. The van der Waals surface area contributed by atoms with E-state index >= 15 is 0 Å². The molecule has 0 spiro atoms. The van der Waals surface area contributed by atoms with Gasteiger partial charge in [0, 0.05) is 23.9 Å². The second-order valence-electron chi connectivity index (χ2n) is 5.66. The van der Waals surface area contributed by atoms with Crippen LogP contribution in [0.2, 0.25) is 0 Å². The highest BCUT2D eigenvalue weighted by Gasteiger charge is 2.12. The Labute approximate surface area is 150 Å². The molecule has 26 heavy (non-hydrogen) atoms. The molecule has 0 aliphatic heterocycles. The van der Waals surface area contributed by atoms with Gasteiger partial charge in [0.05, 0.1) is 7.11 Å². The topological polar surface area (TPSA) is 102 Å². The summed E-state index contributed by atoms with van der Waals surface area (Å²) in [5.41, 5.74) is 1.80. The molecule has 8 nitrogen and oxygen atoms in total. The Morgan fingerprint density at radius 2 is 2.00 bits per heavy atom. The molecule has 8 heteroatoms. The quantitative estimate of drug-likeness (QED) is 0.702. The van der Waals surface area contributed by atoms with E-state index in [0.717, 1.165) is 11.3 Å². The zero-order chi connectivity index (χ0) is 18.5. The van der Waals surface area contributed by atoms with Crippen LogP contribution in [-0.2, 0) is 6.54 Å². The molecule has 0 bridgehead atoms. The molecule has 0 saturated carbocycles. The Kier molecular flexibility index (Phi) is 5.12. The maximum absolute atomic E-state index is 12.5. The molecule has 3 rings (SSSR count). The first kappa shape index (κ1) is 17.4. The summed E-state index contributed by atoms with van der Waals surface area (Å²) in [6.45, 7) is 3.90. The minimum atomic E-state index is -0.305. The van der Waals surface area contributed by atoms with Crippen molar-refractivity contribution in [2.75, 3.05) is 12.4 Å². The van der Waals surface area contributed by atoms with Crippen molar-refractivity contribution >= 4 is 17.7 Å². The summed E-state index contributed by atoms with van der Waals surface area (Å²) < 4.78 is 10.3. The number of amides is 1. The fourth-order valence-electron chi connectivity index (χ4n) is 2.40. The summed E-state index contributed by atoms with van der Waals surface area (Å²) in [5.74, 6) is 1.83. The fourth-order valence-corrected chi connectivity index (χ4v) is 2.40. The van der Waals surface area contributed by atoms with Crippen molar-refractivity contribution in [2.45, 2.75) is 20.4 Å². The molecule has 0 fully saturated rings. The van der Waals surface area contributed by atoms with Crippen molar-refractivity contribution in [3.8, 4) is 5.75 Å². The van der Waals surface area contributed by atoms with E-state index < -0.39 is 0 Å². The summed E-state index contributed by atoms with van der Waals surface area (Å²) in [6.07, 6.45) is 0. The molecule has 0 unspecified atom stereocenters. The SMILES string of the molecule is COc1ccccc1CNC(=O)c1cc(C)nc(Nc2cc(C)on2)n1. The fraction of sp³-hybridized carbons (Fsp3) is 0.222. The number of aryl methyl sites for hydroxylation is 2. The number of methoxy groups -OCH3 is 1. The molecule has 2 aromatic heterocycles. The van der Waals surface area contributed by atoms with Crippen molar-refractivity contribution in [3.63, 3.8) is 0 Å². The average Bonchev–Trinajstić information content (AvgIpc) is 3.04. The highest BCUT2D eigenvalue weighted by molar-refractivity contribution is 5.92. The Morgan fingerprint density at radius 3 is 2.73 bits per heavy atom. The van der Waals surface area contributed by atoms with Crippen molar-refractivity contribution in [1.29, 1.82) is 0 Å². The molecule has 1 amide bonds. The lowest BCUT2D eigenvalue weighted by molar-refractivity contribution is 0.0945. The van der Waals surface area contributed by atoms with Crippen molar-refractivity contribution in [1.82, 2.24) is 20.4 Å². The van der Waals surface area contributed by atoms with E-state index in [-0.39, 0.29) is 17.5 Å². The third-order valence-corrected chi connectivity index (χ3v) is 3.59. The van der Waals surface area contributed by atoms with Crippen molar-refractivity contribution in [2.24, 2.45) is 0 Å². The van der Waals surface area contributed by atoms with Gasteiger partial charge in [0.2, 0.25) is 5.95 Å². The summed E-state index contributed by atoms with van der Waals surface area (Å²) in [4.78, 5) is 21.0. The molecule has 0 aliphatic rings. The van der Waals surface area contributed by atoms with Gasteiger partial charge in [-0.3, -0.25) is 4.79 Å². The van der Waals surface area contributed by atoms with Gasteiger partial charge in [0.1, 0.15) is 17.2 Å². The molecule has 0 saturated heterocycles. The average molecular weight is 353 g/mol. The van der Waals surface area contributed by atoms with Crippen LogP contribution in [0.15, 0.2) is 40.9 Å². The molecular weight excluding hydrogens is 334 g/mol. The van der Waals surface area contributed by atoms with Crippen LogP contribution in [0.1, 0.15) is 27.5 Å². The normalized spacial score (nSPS) is 10.4. The van der Waals surface area contributed by atoms with Crippen molar-refractivity contribution in [3.05, 3.63) is 59.1 Å². The predicted molar refractivity (Wildman–Crippen MR) is 95.5 cm³/mol. The first-order valence-corrected chi connectivity index (χ1v) is 8.01. The minimum Gasteiger partial charge on any atom is -0.496 e. The highest BCUT2D eigenvalue weighted by Crippen LogP contribution is 2.17. The van der Waals surface area contributed by atoms with E-state index in [4.69, 9.17) is 9.26 Å². The predicted octanol–water partition coefficient (Wildman–Crippen LogP) is 2.76. The molecule has 0 atom stereocenters. The second-order valence-corrected chi connectivity index (χ2v) is 5.66.